The zero-order chi connectivity index (χ0) is 13.1. The van der Waals surface area contributed by atoms with Crippen molar-refractivity contribution in [1.82, 2.24) is 10.2 Å². The zero-order valence-electron chi connectivity index (χ0n) is 11.5. The molecule has 0 spiro atoms. The van der Waals surface area contributed by atoms with Gasteiger partial charge in [-0.2, -0.15) is 0 Å². The smallest absolute Gasteiger partial charge is 0.153 e. The summed E-state index contributed by atoms with van der Waals surface area (Å²) in [4.78, 5) is 2.28. The van der Waals surface area contributed by atoms with Crippen molar-refractivity contribution in [3.63, 3.8) is 0 Å². The first-order valence-electron chi connectivity index (χ1n) is 6.30. The van der Waals surface area contributed by atoms with Gasteiger partial charge in [-0.1, -0.05) is 20.8 Å². The molecule has 1 N–H and O–H groups in total. The number of rotatable bonds is 4. The molecule has 17 heavy (non-hydrogen) atoms. The Morgan fingerprint density at radius 3 is 2.53 bits per heavy atom. The average molecular weight is 262 g/mol. The van der Waals surface area contributed by atoms with Crippen molar-refractivity contribution in [2.45, 2.75) is 33.2 Å². The van der Waals surface area contributed by atoms with E-state index in [9.17, 15) is 8.42 Å². The third-order valence-corrected chi connectivity index (χ3v) is 4.64. The molecule has 1 fully saturated rings. The molecule has 0 aliphatic carbocycles. The van der Waals surface area contributed by atoms with Gasteiger partial charge in [0.05, 0.1) is 11.5 Å². The third-order valence-electron chi connectivity index (χ3n) is 2.90. The Morgan fingerprint density at radius 2 is 2.00 bits per heavy atom. The molecular formula is C12H26N2O2S. The fraction of sp³-hybridized carbons (Fsp3) is 1.00. The first kappa shape index (κ1) is 14.9. The van der Waals surface area contributed by atoms with Gasteiger partial charge in [0.2, 0.25) is 0 Å². The van der Waals surface area contributed by atoms with E-state index in [-0.39, 0.29) is 6.04 Å². The number of hydrogen-bond acceptors (Lipinski definition) is 4. The van der Waals surface area contributed by atoms with Crippen molar-refractivity contribution in [1.29, 1.82) is 0 Å². The molecule has 0 aromatic rings. The molecular weight excluding hydrogens is 236 g/mol. The molecule has 1 heterocycles. The zero-order valence-corrected chi connectivity index (χ0v) is 12.3. The highest BCUT2D eigenvalue weighted by molar-refractivity contribution is 7.91. The molecule has 0 aromatic carbocycles. The number of hydrogen-bond donors (Lipinski definition) is 1. The van der Waals surface area contributed by atoms with Gasteiger partial charge in [0, 0.05) is 19.1 Å². The molecule has 1 unspecified atom stereocenters. The fourth-order valence-corrected chi connectivity index (χ4v) is 3.81. The minimum atomic E-state index is -2.80. The molecule has 1 saturated heterocycles. The quantitative estimate of drug-likeness (QED) is 0.812. The maximum atomic E-state index is 11.5. The third kappa shape index (κ3) is 6.38. The van der Waals surface area contributed by atoms with Crippen molar-refractivity contribution in [2.24, 2.45) is 5.41 Å². The van der Waals surface area contributed by atoms with Crippen LogP contribution in [0.4, 0.5) is 0 Å². The number of sulfone groups is 1. The Morgan fingerprint density at radius 1 is 1.35 bits per heavy atom. The van der Waals surface area contributed by atoms with Crippen LogP contribution in [-0.2, 0) is 9.84 Å². The Kier molecular flexibility index (Phi) is 4.98. The second kappa shape index (κ2) is 5.67. The van der Waals surface area contributed by atoms with Gasteiger partial charge in [0.25, 0.3) is 0 Å². The lowest BCUT2D eigenvalue weighted by molar-refractivity contribution is 0.219. The molecule has 0 radical (unpaired) electrons. The van der Waals surface area contributed by atoms with Gasteiger partial charge in [0.15, 0.2) is 9.84 Å². The molecule has 1 aliphatic heterocycles. The van der Waals surface area contributed by atoms with E-state index in [2.05, 4.69) is 38.0 Å². The van der Waals surface area contributed by atoms with E-state index in [0.29, 0.717) is 23.5 Å². The average Bonchev–Trinajstić information content (AvgIpc) is 2.10. The Bertz CT molecular complexity index is 333. The van der Waals surface area contributed by atoms with Crippen LogP contribution in [0.1, 0.15) is 27.2 Å². The summed E-state index contributed by atoms with van der Waals surface area (Å²) in [6, 6.07) is 0.135. The van der Waals surface area contributed by atoms with Crippen LogP contribution in [-0.4, -0.2) is 57.5 Å². The molecule has 0 amide bonds. The van der Waals surface area contributed by atoms with Gasteiger partial charge < -0.3 is 10.2 Å². The first-order chi connectivity index (χ1) is 7.68. The number of nitrogens with one attached hydrogen (secondary N) is 1. The van der Waals surface area contributed by atoms with E-state index < -0.39 is 9.84 Å². The highest BCUT2D eigenvalue weighted by atomic mass is 32.2. The van der Waals surface area contributed by atoms with E-state index in [4.69, 9.17) is 0 Å². The van der Waals surface area contributed by atoms with Crippen LogP contribution in [0.3, 0.4) is 0 Å². The van der Waals surface area contributed by atoms with Crippen molar-refractivity contribution >= 4 is 9.84 Å². The first-order valence-corrected chi connectivity index (χ1v) is 8.12. The predicted molar refractivity (Wildman–Crippen MR) is 72.0 cm³/mol. The van der Waals surface area contributed by atoms with Gasteiger partial charge in [-0.25, -0.2) is 8.42 Å². The normalized spacial score (nSPS) is 25.1. The highest BCUT2D eigenvalue weighted by Gasteiger charge is 2.24. The molecule has 102 valence electrons. The molecule has 0 aromatic heterocycles. The summed E-state index contributed by atoms with van der Waals surface area (Å²) in [5, 5.41) is 3.29. The van der Waals surface area contributed by atoms with E-state index in [1.807, 2.05) is 0 Å². The Hall–Kier alpha value is -0.130. The summed E-state index contributed by atoms with van der Waals surface area (Å²) in [5.41, 5.74) is 0.292. The van der Waals surface area contributed by atoms with Crippen LogP contribution in [0, 0.1) is 5.41 Å². The molecule has 1 atom stereocenters. The topological polar surface area (TPSA) is 49.4 Å². The number of nitrogens with zero attached hydrogens (tertiary/aromatic N) is 1. The van der Waals surface area contributed by atoms with Gasteiger partial charge in [-0.15, -0.1) is 0 Å². The van der Waals surface area contributed by atoms with E-state index in [0.717, 1.165) is 19.5 Å². The summed E-state index contributed by atoms with van der Waals surface area (Å²) < 4.78 is 23.0. The van der Waals surface area contributed by atoms with Gasteiger partial charge in [-0.3, -0.25) is 0 Å². The van der Waals surface area contributed by atoms with Crippen LogP contribution in [0.25, 0.3) is 0 Å². The SMILES string of the molecule is CN(CCC1CS(=O)(=O)CCN1)CC(C)(C)C. The van der Waals surface area contributed by atoms with Crippen LogP contribution in [0.15, 0.2) is 0 Å². The molecule has 1 aliphatic rings. The standard InChI is InChI=1S/C12H26N2O2S/c1-12(2,3)10-14(4)7-5-11-9-17(15,16)8-6-13-11/h11,13H,5-10H2,1-4H3. The second-order valence-corrected chi connectivity index (χ2v) is 8.58. The minimum Gasteiger partial charge on any atom is -0.312 e. The molecule has 1 rings (SSSR count). The Balaban J connectivity index is 2.31. The predicted octanol–water partition coefficient (Wildman–Crippen LogP) is 0.741. The fourth-order valence-electron chi connectivity index (χ4n) is 2.32. The van der Waals surface area contributed by atoms with Gasteiger partial charge in [0.1, 0.15) is 0 Å². The van der Waals surface area contributed by atoms with Gasteiger partial charge >= 0.3 is 0 Å². The minimum absolute atomic E-state index is 0.135. The summed E-state index contributed by atoms with van der Waals surface area (Å²) in [6.45, 7) is 9.24. The van der Waals surface area contributed by atoms with Crippen molar-refractivity contribution in [3.8, 4) is 0 Å². The monoisotopic (exact) mass is 262 g/mol. The summed E-state index contributed by atoms with van der Waals surface area (Å²) in [6.07, 6.45) is 0.909. The highest BCUT2D eigenvalue weighted by Crippen LogP contribution is 2.14. The van der Waals surface area contributed by atoms with Crippen molar-refractivity contribution < 1.29 is 8.42 Å². The molecule has 5 heteroatoms. The van der Waals surface area contributed by atoms with E-state index >= 15 is 0 Å². The van der Waals surface area contributed by atoms with Gasteiger partial charge in [-0.05, 0) is 25.4 Å². The van der Waals surface area contributed by atoms with Crippen LogP contribution in [0.2, 0.25) is 0 Å². The molecule has 0 saturated carbocycles. The summed E-state index contributed by atoms with van der Waals surface area (Å²) in [7, 11) is -0.696. The van der Waals surface area contributed by atoms with E-state index in [1.54, 1.807) is 0 Å². The molecule has 4 nitrogen and oxygen atoms in total. The van der Waals surface area contributed by atoms with E-state index in [1.165, 1.54) is 0 Å². The summed E-state index contributed by atoms with van der Waals surface area (Å²) in [5.74, 6) is 0.595. The van der Waals surface area contributed by atoms with Crippen LogP contribution < -0.4 is 5.32 Å². The largest absolute Gasteiger partial charge is 0.312 e. The Labute approximate surface area is 106 Å². The lowest BCUT2D eigenvalue weighted by Gasteiger charge is -2.29. The maximum Gasteiger partial charge on any atom is 0.153 e. The molecule has 0 bridgehead atoms. The van der Waals surface area contributed by atoms with Crippen LogP contribution >= 0.6 is 0 Å². The van der Waals surface area contributed by atoms with Crippen molar-refractivity contribution in [3.05, 3.63) is 0 Å². The summed E-state index contributed by atoms with van der Waals surface area (Å²) >= 11 is 0. The lowest BCUT2D eigenvalue weighted by atomic mass is 9.96. The second-order valence-electron chi connectivity index (χ2n) is 6.35. The lowest BCUT2D eigenvalue weighted by Crippen LogP contribution is -2.46. The maximum absolute atomic E-state index is 11.5. The van der Waals surface area contributed by atoms with Crippen LogP contribution in [0.5, 0.6) is 0 Å². The van der Waals surface area contributed by atoms with Crippen molar-refractivity contribution in [2.75, 3.05) is 38.2 Å².